The maximum absolute atomic E-state index is 8.66. The van der Waals surface area contributed by atoms with Gasteiger partial charge in [0.15, 0.2) is 0 Å². The third-order valence-electron chi connectivity index (χ3n) is 3.03. The standard InChI is InChI=1S/C12H15NO2/c1-8(13-14)11-7-12(11)9-3-5-10(15-2)6-4-9/h3-6,11-12,14H,7H2,1-2H3/b13-8+/t11-,12-/m0/s1. The van der Waals surface area contributed by atoms with Gasteiger partial charge in [0.05, 0.1) is 12.8 Å². The molecule has 2 rings (SSSR count). The smallest absolute Gasteiger partial charge is 0.118 e. The minimum Gasteiger partial charge on any atom is -0.497 e. The monoisotopic (exact) mass is 205 g/mol. The summed E-state index contributed by atoms with van der Waals surface area (Å²) in [5.41, 5.74) is 2.12. The van der Waals surface area contributed by atoms with Crippen LogP contribution in [0.3, 0.4) is 0 Å². The molecule has 1 aromatic rings. The van der Waals surface area contributed by atoms with Gasteiger partial charge < -0.3 is 9.94 Å². The van der Waals surface area contributed by atoms with Crippen molar-refractivity contribution in [3.63, 3.8) is 0 Å². The summed E-state index contributed by atoms with van der Waals surface area (Å²) in [6.07, 6.45) is 1.09. The zero-order chi connectivity index (χ0) is 10.8. The number of oxime groups is 1. The van der Waals surface area contributed by atoms with Crippen molar-refractivity contribution in [1.29, 1.82) is 0 Å². The molecule has 0 amide bonds. The molecule has 0 aromatic heterocycles. The average molecular weight is 205 g/mol. The number of hydrogen-bond acceptors (Lipinski definition) is 3. The Morgan fingerprint density at radius 2 is 2.07 bits per heavy atom. The molecule has 1 fully saturated rings. The summed E-state index contributed by atoms with van der Waals surface area (Å²) in [6.45, 7) is 1.87. The van der Waals surface area contributed by atoms with Crippen LogP contribution in [0.4, 0.5) is 0 Å². The van der Waals surface area contributed by atoms with Crippen LogP contribution in [0.25, 0.3) is 0 Å². The molecule has 0 saturated heterocycles. The molecule has 0 radical (unpaired) electrons. The second-order valence-electron chi connectivity index (χ2n) is 3.96. The van der Waals surface area contributed by atoms with E-state index in [1.54, 1.807) is 7.11 Å². The van der Waals surface area contributed by atoms with E-state index in [9.17, 15) is 0 Å². The van der Waals surface area contributed by atoms with E-state index in [4.69, 9.17) is 9.94 Å². The Morgan fingerprint density at radius 3 is 2.60 bits per heavy atom. The molecule has 2 atom stereocenters. The van der Waals surface area contributed by atoms with E-state index in [2.05, 4.69) is 17.3 Å². The molecule has 15 heavy (non-hydrogen) atoms. The van der Waals surface area contributed by atoms with Crippen molar-refractivity contribution < 1.29 is 9.94 Å². The third-order valence-corrected chi connectivity index (χ3v) is 3.03. The van der Waals surface area contributed by atoms with E-state index in [1.165, 1.54) is 5.56 Å². The van der Waals surface area contributed by atoms with Gasteiger partial charge in [-0.1, -0.05) is 17.3 Å². The number of ether oxygens (including phenoxy) is 1. The molecule has 0 unspecified atom stereocenters. The van der Waals surface area contributed by atoms with E-state index in [-0.39, 0.29) is 0 Å². The van der Waals surface area contributed by atoms with Crippen molar-refractivity contribution in [2.45, 2.75) is 19.3 Å². The molecule has 1 saturated carbocycles. The zero-order valence-electron chi connectivity index (χ0n) is 8.97. The number of methoxy groups -OCH3 is 1. The van der Waals surface area contributed by atoms with Gasteiger partial charge in [-0.15, -0.1) is 0 Å². The molecular weight excluding hydrogens is 190 g/mol. The van der Waals surface area contributed by atoms with Crippen molar-refractivity contribution in [3.8, 4) is 5.75 Å². The van der Waals surface area contributed by atoms with E-state index in [1.807, 2.05) is 19.1 Å². The molecule has 0 heterocycles. The number of benzene rings is 1. The lowest BCUT2D eigenvalue weighted by molar-refractivity contribution is 0.316. The minimum atomic E-state index is 0.420. The SMILES string of the molecule is COc1ccc([C@@H]2C[C@H]2/C(C)=N/O)cc1. The molecular formula is C12H15NO2. The Kier molecular flexibility index (Phi) is 2.62. The van der Waals surface area contributed by atoms with Crippen LogP contribution in [-0.4, -0.2) is 18.0 Å². The lowest BCUT2D eigenvalue weighted by Gasteiger charge is -2.02. The lowest BCUT2D eigenvalue weighted by Crippen LogP contribution is -1.96. The molecule has 3 nitrogen and oxygen atoms in total. The van der Waals surface area contributed by atoms with Crippen molar-refractivity contribution >= 4 is 5.71 Å². The van der Waals surface area contributed by atoms with Gasteiger partial charge in [-0.05, 0) is 37.0 Å². The quantitative estimate of drug-likeness (QED) is 0.468. The lowest BCUT2D eigenvalue weighted by atomic mass is 10.1. The first-order valence-electron chi connectivity index (χ1n) is 5.08. The van der Waals surface area contributed by atoms with Crippen LogP contribution in [0, 0.1) is 5.92 Å². The Morgan fingerprint density at radius 1 is 1.40 bits per heavy atom. The predicted molar refractivity (Wildman–Crippen MR) is 58.7 cm³/mol. The normalized spacial score (nSPS) is 25.1. The van der Waals surface area contributed by atoms with Crippen molar-refractivity contribution in [3.05, 3.63) is 29.8 Å². The van der Waals surface area contributed by atoms with Crippen molar-refractivity contribution in [1.82, 2.24) is 0 Å². The van der Waals surface area contributed by atoms with E-state index >= 15 is 0 Å². The zero-order valence-corrected chi connectivity index (χ0v) is 8.97. The summed E-state index contributed by atoms with van der Waals surface area (Å²) >= 11 is 0. The first kappa shape index (κ1) is 10.0. The van der Waals surface area contributed by atoms with Crippen LogP contribution in [0.2, 0.25) is 0 Å². The molecule has 1 aliphatic rings. The molecule has 0 spiro atoms. The first-order valence-corrected chi connectivity index (χ1v) is 5.08. The van der Waals surface area contributed by atoms with Gasteiger partial charge in [-0.3, -0.25) is 0 Å². The highest BCUT2D eigenvalue weighted by atomic mass is 16.5. The van der Waals surface area contributed by atoms with Crippen LogP contribution < -0.4 is 4.74 Å². The number of hydrogen-bond donors (Lipinski definition) is 1. The number of nitrogens with zero attached hydrogens (tertiary/aromatic N) is 1. The summed E-state index contributed by atoms with van der Waals surface area (Å²) < 4.78 is 5.10. The van der Waals surface area contributed by atoms with Gasteiger partial charge in [0.25, 0.3) is 0 Å². The van der Waals surface area contributed by atoms with Gasteiger partial charge in [0.2, 0.25) is 0 Å². The fourth-order valence-electron chi connectivity index (χ4n) is 1.95. The third kappa shape index (κ3) is 1.96. The Labute approximate surface area is 89.4 Å². The molecule has 0 bridgehead atoms. The van der Waals surface area contributed by atoms with Gasteiger partial charge >= 0.3 is 0 Å². The second-order valence-corrected chi connectivity index (χ2v) is 3.96. The summed E-state index contributed by atoms with van der Waals surface area (Å²) in [6, 6.07) is 8.09. The molecule has 1 aliphatic carbocycles. The van der Waals surface area contributed by atoms with E-state index in [0.717, 1.165) is 17.9 Å². The van der Waals surface area contributed by atoms with E-state index in [0.29, 0.717) is 11.8 Å². The average Bonchev–Trinajstić information content (AvgIpc) is 3.08. The van der Waals surface area contributed by atoms with Crippen LogP contribution in [-0.2, 0) is 0 Å². The van der Waals surface area contributed by atoms with Gasteiger partial charge in [0, 0.05) is 5.92 Å². The molecule has 0 aliphatic heterocycles. The maximum Gasteiger partial charge on any atom is 0.118 e. The summed E-state index contributed by atoms with van der Waals surface area (Å²) in [5.74, 6) is 1.82. The van der Waals surface area contributed by atoms with Crippen LogP contribution >= 0.6 is 0 Å². The summed E-state index contributed by atoms with van der Waals surface area (Å²) in [5, 5.41) is 11.9. The highest BCUT2D eigenvalue weighted by Gasteiger charge is 2.40. The minimum absolute atomic E-state index is 0.420. The summed E-state index contributed by atoms with van der Waals surface area (Å²) in [4.78, 5) is 0. The molecule has 1 aromatic carbocycles. The Hall–Kier alpha value is -1.51. The Balaban J connectivity index is 2.07. The molecule has 3 heteroatoms. The predicted octanol–water partition coefficient (Wildman–Crippen LogP) is 2.65. The van der Waals surface area contributed by atoms with Gasteiger partial charge in [-0.25, -0.2) is 0 Å². The van der Waals surface area contributed by atoms with E-state index < -0.39 is 0 Å². The fourth-order valence-corrected chi connectivity index (χ4v) is 1.95. The first-order chi connectivity index (χ1) is 7.26. The van der Waals surface area contributed by atoms with Gasteiger partial charge in [-0.2, -0.15) is 0 Å². The van der Waals surface area contributed by atoms with Crippen molar-refractivity contribution in [2.75, 3.05) is 7.11 Å². The Bertz CT molecular complexity index is 370. The fraction of sp³-hybridized carbons (Fsp3) is 0.417. The topological polar surface area (TPSA) is 41.8 Å². The molecule has 1 N–H and O–H groups in total. The van der Waals surface area contributed by atoms with Crippen LogP contribution in [0.1, 0.15) is 24.8 Å². The largest absolute Gasteiger partial charge is 0.497 e. The van der Waals surface area contributed by atoms with Crippen molar-refractivity contribution in [2.24, 2.45) is 11.1 Å². The highest BCUT2D eigenvalue weighted by Crippen LogP contribution is 2.48. The van der Waals surface area contributed by atoms with Crippen LogP contribution in [0.15, 0.2) is 29.4 Å². The highest BCUT2D eigenvalue weighted by molar-refractivity contribution is 5.87. The molecule has 80 valence electrons. The van der Waals surface area contributed by atoms with Gasteiger partial charge in [0.1, 0.15) is 5.75 Å². The van der Waals surface area contributed by atoms with Crippen LogP contribution in [0.5, 0.6) is 5.75 Å². The maximum atomic E-state index is 8.66. The summed E-state index contributed by atoms with van der Waals surface area (Å²) in [7, 11) is 1.66. The number of rotatable bonds is 3. The second kappa shape index (κ2) is 3.93.